The first kappa shape index (κ1) is 20.9. The number of fused-ring (bicyclic) bond motifs is 1. The number of amides is 2. The maximum atomic E-state index is 12.9. The highest BCUT2D eigenvalue weighted by atomic mass is 32.2. The van der Waals surface area contributed by atoms with Crippen LogP contribution in [0.4, 0.5) is 4.79 Å². The number of carbonyl (C=O) groups excluding carboxylic acids is 2. The maximum Gasteiger partial charge on any atom is 0.338 e. The Labute approximate surface area is 183 Å². The number of rotatable bonds is 6. The van der Waals surface area contributed by atoms with E-state index >= 15 is 0 Å². The van der Waals surface area contributed by atoms with Gasteiger partial charge in [-0.05, 0) is 44.0 Å². The van der Waals surface area contributed by atoms with Crippen LogP contribution in [0.5, 0.6) is 0 Å². The first-order chi connectivity index (χ1) is 15.0. The summed E-state index contributed by atoms with van der Waals surface area (Å²) in [7, 11) is 0. The van der Waals surface area contributed by atoms with Crippen LogP contribution in [0.15, 0.2) is 53.0 Å². The standard InChI is InChI=1S/C22H23N5O3S/c1-4-30-20(28)17-16(11-31-22-25-15-6-5-9-23-19(15)27-22)24-21(29)26-18(17)14-10-12(2)7-8-13(14)3/h5-10,18H,4,11H2,1-3H3,(H,23,25,27)(H2,24,26,29)/t18-/m0/s1. The Morgan fingerprint density at radius 1 is 1.26 bits per heavy atom. The fraction of sp³-hybridized carbons (Fsp3) is 0.273. The van der Waals surface area contributed by atoms with Crippen molar-refractivity contribution >= 4 is 34.9 Å². The highest BCUT2D eigenvalue weighted by Crippen LogP contribution is 2.32. The molecule has 0 fully saturated rings. The maximum absolute atomic E-state index is 12.9. The van der Waals surface area contributed by atoms with Crippen molar-refractivity contribution in [3.63, 3.8) is 0 Å². The molecule has 0 unspecified atom stereocenters. The third kappa shape index (κ3) is 4.41. The first-order valence-corrected chi connectivity index (χ1v) is 10.9. The Bertz CT molecular complexity index is 1150. The molecule has 0 saturated carbocycles. The number of H-pyrrole nitrogens is 1. The summed E-state index contributed by atoms with van der Waals surface area (Å²) in [4.78, 5) is 37.3. The molecular weight excluding hydrogens is 414 g/mol. The van der Waals surface area contributed by atoms with E-state index in [1.807, 2.05) is 44.2 Å². The molecule has 3 aromatic rings. The van der Waals surface area contributed by atoms with Gasteiger partial charge in [-0.2, -0.15) is 0 Å². The highest BCUT2D eigenvalue weighted by Gasteiger charge is 2.34. The van der Waals surface area contributed by atoms with Crippen LogP contribution in [0.2, 0.25) is 0 Å². The normalized spacial score (nSPS) is 16.2. The van der Waals surface area contributed by atoms with Gasteiger partial charge in [0.1, 0.15) is 0 Å². The molecule has 0 radical (unpaired) electrons. The summed E-state index contributed by atoms with van der Waals surface area (Å²) < 4.78 is 5.34. The van der Waals surface area contributed by atoms with Crippen molar-refractivity contribution in [1.82, 2.24) is 25.6 Å². The van der Waals surface area contributed by atoms with Gasteiger partial charge < -0.3 is 20.4 Å². The number of aromatic nitrogens is 3. The van der Waals surface area contributed by atoms with Crippen LogP contribution in [0.1, 0.15) is 29.7 Å². The van der Waals surface area contributed by atoms with Gasteiger partial charge in [-0.15, -0.1) is 0 Å². The van der Waals surface area contributed by atoms with E-state index in [4.69, 9.17) is 4.74 Å². The molecule has 1 aromatic carbocycles. The van der Waals surface area contributed by atoms with Crippen LogP contribution in [0.3, 0.4) is 0 Å². The molecule has 160 valence electrons. The topological polar surface area (TPSA) is 109 Å². The summed E-state index contributed by atoms with van der Waals surface area (Å²) in [5.74, 6) is -0.120. The molecule has 0 saturated heterocycles. The minimum Gasteiger partial charge on any atom is -0.463 e. The van der Waals surface area contributed by atoms with Crippen LogP contribution >= 0.6 is 11.8 Å². The van der Waals surface area contributed by atoms with Gasteiger partial charge in [-0.25, -0.2) is 19.6 Å². The van der Waals surface area contributed by atoms with Crippen LogP contribution in [-0.2, 0) is 9.53 Å². The zero-order valence-corrected chi connectivity index (χ0v) is 18.3. The summed E-state index contributed by atoms with van der Waals surface area (Å²) in [5, 5.41) is 6.34. The molecule has 2 amide bonds. The number of hydrogen-bond donors (Lipinski definition) is 3. The molecule has 4 rings (SSSR count). The predicted octanol–water partition coefficient (Wildman–Crippen LogP) is 3.54. The van der Waals surface area contributed by atoms with Crippen LogP contribution in [0, 0.1) is 13.8 Å². The lowest BCUT2D eigenvalue weighted by Crippen LogP contribution is -2.46. The second-order valence-corrected chi connectivity index (χ2v) is 8.17. The van der Waals surface area contributed by atoms with Gasteiger partial charge >= 0.3 is 12.0 Å². The number of hydrogen-bond acceptors (Lipinski definition) is 6. The SMILES string of the molecule is CCOC(=O)C1=C(CSc2nc3ncccc3[nH]2)NC(=O)N[C@H]1c1cc(C)ccc1C. The van der Waals surface area contributed by atoms with E-state index in [2.05, 4.69) is 25.6 Å². The number of aromatic amines is 1. The molecule has 1 aliphatic heterocycles. The quantitative estimate of drug-likeness (QED) is 0.402. The van der Waals surface area contributed by atoms with Crippen molar-refractivity contribution in [3.05, 3.63) is 64.5 Å². The Kier molecular flexibility index (Phi) is 5.94. The summed E-state index contributed by atoms with van der Waals surface area (Å²) in [6.07, 6.45) is 1.68. The minimum absolute atomic E-state index is 0.242. The van der Waals surface area contributed by atoms with Crippen LogP contribution in [0.25, 0.3) is 11.2 Å². The molecule has 3 heterocycles. The number of esters is 1. The van der Waals surface area contributed by atoms with E-state index in [-0.39, 0.29) is 12.6 Å². The summed E-state index contributed by atoms with van der Waals surface area (Å²) in [6.45, 7) is 5.94. The Balaban J connectivity index is 1.71. The number of aryl methyl sites for hydroxylation is 2. The van der Waals surface area contributed by atoms with E-state index in [0.29, 0.717) is 27.8 Å². The fourth-order valence-electron chi connectivity index (χ4n) is 3.52. The van der Waals surface area contributed by atoms with E-state index in [9.17, 15) is 9.59 Å². The van der Waals surface area contributed by atoms with E-state index < -0.39 is 12.0 Å². The lowest BCUT2D eigenvalue weighted by atomic mass is 9.91. The van der Waals surface area contributed by atoms with E-state index in [0.717, 1.165) is 22.2 Å². The van der Waals surface area contributed by atoms with Gasteiger partial charge in [0.15, 0.2) is 10.8 Å². The number of pyridine rings is 1. The van der Waals surface area contributed by atoms with E-state index in [1.54, 1.807) is 13.1 Å². The number of urea groups is 1. The van der Waals surface area contributed by atoms with Crippen molar-refractivity contribution in [2.75, 3.05) is 12.4 Å². The number of benzene rings is 1. The van der Waals surface area contributed by atoms with Crippen molar-refractivity contribution in [2.45, 2.75) is 32.0 Å². The van der Waals surface area contributed by atoms with Crippen molar-refractivity contribution in [2.24, 2.45) is 0 Å². The molecule has 8 nitrogen and oxygen atoms in total. The number of thioether (sulfide) groups is 1. The van der Waals surface area contributed by atoms with Crippen molar-refractivity contribution in [1.29, 1.82) is 0 Å². The predicted molar refractivity (Wildman–Crippen MR) is 119 cm³/mol. The average Bonchev–Trinajstić information content (AvgIpc) is 3.16. The fourth-order valence-corrected chi connectivity index (χ4v) is 4.36. The van der Waals surface area contributed by atoms with Gasteiger partial charge in [0.25, 0.3) is 0 Å². The van der Waals surface area contributed by atoms with Crippen LogP contribution < -0.4 is 10.6 Å². The molecule has 0 bridgehead atoms. The van der Waals surface area contributed by atoms with Crippen molar-refractivity contribution < 1.29 is 14.3 Å². The number of ether oxygens (including phenoxy) is 1. The summed E-state index contributed by atoms with van der Waals surface area (Å²) in [5.41, 5.74) is 5.24. The van der Waals surface area contributed by atoms with Crippen molar-refractivity contribution in [3.8, 4) is 0 Å². The third-order valence-corrected chi connectivity index (χ3v) is 5.88. The summed E-state index contributed by atoms with van der Waals surface area (Å²) >= 11 is 1.38. The summed E-state index contributed by atoms with van der Waals surface area (Å²) in [6, 6.07) is 8.74. The zero-order chi connectivity index (χ0) is 22.0. The number of nitrogens with one attached hydrogen (secondary N) is 3. The molecule has 0 aliphatic carbocycles. The molecule has 9 heteroatoms. The second kappa shape index (κ2) is 8.81. The van der Waals surface area contributed by atoms with Crippen LogP contribution in [-0.4, -0.2) is 39.3 Å². The zero-order valence-electron chi connectivity index (χ0n) is 17.5. The van der Waals surface area contributed by atoms with Gasteiger partial charge in [0.2, 0.25) is 0 Å². The monoisotopic (exact) mass is 437 g/mol. The largest absolute Gasteiger partial charge is 0.463 e. The Morgan fingerprint density at radius 3 is 2.87 bits per heavy atom. The molecule has 31 heavy (non-hydrogen) atoms. The lowest BCUT2D eigenvalue weighted by molar-refractivity contribution is -0.139. The Morgan fingerprint density at radius 2 is 2.10 bits per heavy atom. The minimum atomic E-state index is -0.597. The molecule has 1 atom stereocenters. The molecule has 2 aromatic heterocycles. The highest BCUT2D eigenvalue weighted by molar-refractivity contribution is 7.99. The first-order valence-electron chi connectivity index (χ1n) is 9.94. The Hall–Kier alpha value is -3.33. The molecular formula is C22H23N5O3S. The smallest absolute Gasteiger partial charge is 0.338 e. The third-order valence-electron chi connectivity index (χ3n) is 4.98. The molecule has 3 N–H and O–H groups in total. The average molecular weight is 438 g/mol. The molecule has 1 aliphatic rings. The van der Waals surface area contributed by atoms with Gasteiger partial charge in [0, 0.05) is 17.6 Å². The number of imidazole rings is 1. The van der Waals surface area contributed by atoms with Gasteiger partial charge in [0.05, 0.1) is 23.7 Å². The van der Waals surface area contributed by atoms with Gasteiger partial charge in [-0.1, -0.05) is 35.5 Å². The number of carbonyl (C=O) groups is 2. The van der Waals surface area contributed by atoms with E-state index in [1.165, 1.54) is 11.8 Å². The second-order valence-electron chi connectivity index (χ2n) is 7.21. The number of nitrogens with zero attached hydrogens (tertiary/aromatic N) is 2. The van der Waals surface area contributed by atoms with Gasteiger partial charge in [-0.3, -0.25) is 0 Å². The lowest BCUT2D eigenvalue weighted by Gasteiger charge is -2.30. The molecule has 0 spiro atoms.